The van der Waals surface area contributed by atoms with Gasteiger partial charge in [0.05, 0.1) is 17.4 Å². The molecule has 184 valence electrons. The molecule has 0 aliphatic heterocycles. The van der Waals surface area contributed by atoms with Gasteiger partial charge in [-0.3, -0.25) is 9.59 Å². The van der Waals surface area contributed by atoms with Gasteiger partial charge in [0.1, 0.15) is 18.1 Å². The van der Waals surface area contributed by atoms with Crippen LogP contribution in [0.3, 0.4) is 0 Å². The number of amides is 1. The van der Waals surface area contributed by atoms with Crippen LogP contribution in [0.25, 0.3) is 0 Å². The molecule has 2 atom stereocenters. The van der Waals surface area contributed by atoms with E-state index in [1.54, 1.807) is 0 Å². The maximum Gasteiger partial charge on any atom is 0.573 e. The zero-order chi connectivity index (χ0) is 24.6. The Morgan fingerprint density at radius 3 is 2.45 bits per heavy atom. The first-order valence-electron chi connectivity index (χ1n) is 10.2. The summed E-state index contributed by atoms with van der Waals surface area (Å²) >= 11 is 0. The summed E-state index contributed by atoms with van der Waals surface area (Å²) in [5.74, 6) is -2.98. The first kappa shape index (κ1) is 26.6. The molecule has 1 aromatic carbocycles. The summed E-state index contributed by atoms with van der Waals surface area (Å²) in [5.41, 5.74) is 0. The van der Waals surface area contributed by atoms with E-state index in [-0.39, 0.29) is 18.6 Å². The number of halogens is 3. The molecule has 1 amide bonds. The van der Waals surface area contributed by atoms with Crippen molar-refractivity contribution < 1.29 is 45.8 Å². The fourth-order valence-corrected chi connectivity index (χ4v) is 4.91. The number of benzene rings is 1. The Kier molecular flexibility index (Phi) is 9.23. The van der Waals surface area contributed by atoms with E-state index >= 15 is 0 Å². The summed E-state index contributed by atoms with van der Waals surface area (Å²) in [6.45, 7) is 0. The van der Waals surface area contributed by atoms with E-state index in [1.165, 1.54) is 0 Å². The minimum absolute atomic E-state index is 0.00579. The molecule has 0 heterocycles. The van der Waals surface area contributed by atoms with Crippen molar-refractivity contribution in [2.24, 2.45) is 5.92 Å². The molecule has 1 aliphatic rings. The number of ether oxygens (including phenoxy) is 1. The van der Waals surface area contributed by atoms with Crippen molar-refractivity contribution in [3.63, 3.8) is 0 Å². The quantitative estimate of drug-likeness (QED) is 0.402. The standard InChI is InChI=1S/C20H25F3N2O7S/c21-20(22,23)32-15-7-4-8-16(11-15)33(30,31)25-17(9-13-5-2-1-3-6-13)19(29)24-14(12-26)10-18(27)28/h4,7-8,11-14,17,25H,1-3,5-6,9-10H2,(H,24,29)(H,27,28)/t14-,17-/m0/s1. The third-order valence-corrected chi connectivity index (χ3v) is 6.61. The van der Waals surface area contributed by atoms with Crippen molar-refractivity contribution in [1.82, 2.24) is 10.0 Å². The van der Waals surface area contributed by atoms with Crippen molar-refractivity contribution in [1.29, 1.82) is 0 Å². The normalized spacial score (nSPS) is 17.1. The number of aliphatic carboxylic acids is 1. The molecule has 0 unspecified atom stereocenters. The van der Waals surface area contributed by atoms with Crippen LogP contribution in [0.4, 0.5) is 13.2 Å². The van der Waals surface area contributed by atoms with Gasteiger partial charge in [-0.1, -0.05) is 38.2 Å². The largest absolute Gasteiger partial charge is 0.573 e. The molecule has 33 heavy (non-hydrogen) atoms. The Balaban J connectivity index is 2.24. The van der Waals surface area contributed by atoms with Gasteiger partial charge in [-0.15, -0.1) is 13.2 Å². The predicted octanol–water partition coefficient (Wildman–Crippen LogP) is 2.36. The van der Waals surface area contributed by atoms with Crippen LogP contribution in [0.2, 0.25) is 0 Å². The maximum absolute atomic E-state index is 12.8. The fourth-order valence-electron chi connectivity index (χ4n) is 3.66. The molecule has 1 fully saturated rings. The third-order valence-electron chi connectivity index (χ3n) is 5.14. The Morgan fingerprint density at radius 1 is 1.21 bits per heavy atom. The lowest BCUT2D eigenvalue weighted by molar-refractivity contribution is -0.274. The molecule has 0 radical (unpaired) electrons. The van der Waals surface area contributed by atoms with Crippen LogP contribution in [-0.4, -0.2) is 50.1 Å². The molecule has 1 saturated carbocycles. The minimum Gasteiger partial charge on any atom is -0.481 e. The number of nitrogens with one attached hydrogen (secondary N) is 2. The first-order chi connectivity index (χ1) is 15.4. The molecule has 0 bridgehead atoms. The van der Waals surface area contributed by atoms with Gasteiger partial charge >= 0.3 is 12.3 Å². The molecule has 1 aromatic rings. The van der Waals surface area contributed by atoms with E-state index in [0.717, 1.165) is 50.3 Å². The van der Waals surface area contributed by atoms with Crippen LogP contribution < -0.4 is 14.8 Å². The predicted molar refractivity (Wildman–Crippen MR) is 109 cm³/mol. The minimum atomic E-state index is -5.02. The van der Waals surface area contributed by atoms with Crippen LogP contribution in [0.5, 0.6) is 5.75 Å². The van der Waals surface area contributed by atoms with Crippen molar-refractivity contribution in [3.8, 4) is 5.75 Å². The lowest BCUT2D eigenvalue weighted by Gasteiger charge is -2.27. The number of carbonyl (C=O) groups is 3. The highest BCUT2D eigenvalue weighted by Crippen LogP contribution is 2.29. The zero-order valence-corrected chi connectivity index (χ0v) is 18.3. The van der Waals surface area contributed by atoms with E-state index in [4.69, 9.17) is 5.11 Å². The number of rotatable bonds is 11. The van der Waals surface area contributed by atoms with E-state index in [0.29, 0.717) is 6.07 Å². The molecule has 13 heteroatoms. The summed E-state index contributed by atoms with van der Waals surface area (Å²) in [5, 5.41) is 11.1. The van der Waals surface area contributed by atoms with E-state index in [1.807, 2.05) is 0 Å². The van der Waals surface area contributed by atoms with E-state index in [2.05, 4.69) is 14.8 Å². The van der Waals surface area contributed by atoms with Gasteiger partial charge in [-0.2, -0.15) is 4.72 Å². The second-order valence-electron chi connectivity index (χ2n) is 7.79. The highest BCUT2D eigenvalue weighted by molar-refractivity contribution is 7.89. The van der Waals surface area contributed by atoms with Crippen LogP contribution in [0.1, 0.15) is 44.9 Å². The topological polar surface area (TPSA) is 139 Å². The Labute approximate surface area is 188 Å². The molecule has 2 rings (SSSR count). The van der Waals surface area contributed by atoms with Crippen molar-refractivity contribution >= 4 is 28.2 Å². The number of hydrogen-bond donors (Lipinski definition) is 3. The molecule has 3 N–H and O–H groups in total. The third kappa shape index (κ3) is 9.00. The average molecular weight is 494 g/mol. The number of hydrogen-bond acceptors (Lipinski definition) is 6. The lowest BCUT2D eigenvalue weighted by atomic mass is 9.85. The van der Waals surface area contributed by atoms with Gasteiger partial charge in [-0.25, -0.2) is 8.42 Å². The SMILES string of the molecule is O=C[C@H](CC(=O)O)NC(=O)[C@H](CC1CCCCC1)NS(=O)(=O)c1cccc(OC(F)(F)F)c1. The van der Waals surface area contributed by atoms with Gasteiger partial charge in [0.15, 0.2) is 0 Å². The van der Waals surface area contributed by atoms with E-state index < -0.39 is 57.4 Å². The summed E-state index contributed by atoms with van der Waals surface area (Å²) in [6.07, 6.45) is -1.06. The van der Waals surface area contributed by atoms with E-state index in [9.17, 15) is 36.0 Å². The molecule has 0 spiro atoms. The molecule has 0 saturated heterocycles. The zero-order valence-electron chi connectivity index (χ0n) is 17.5. The number of carboxylic acids is 1. The maximum atomic E-state index is 12.8. The number of aldehydes is 1. The van der Waals surface area contributed by atoms with Crippen molar-refractivity contribution in [3.05, 3.63) is 24.3 Å². The van der Waals surface area contributed by atoms with Gasteiger partial charge in [0, 0.05) is 6.07 Å². The molecule has 0 aromatic heterocycles. The number of sulfonamides is 1. The van der Waals surface area contributed by atoms with Crippen molar-refractivity contribution in [2.75, 3.05) is 0 Å². The lowest BCUT2D eigenvalue weighted by Crippen LogP contribution is -2.51. The van der Waals surface area contributed by atoms with Gasteiger partial charge < -0.3 is 20.0 Å². The summed E-state index contributed by atoms with van der Waals surface area (Å²) in [4.78, 5) is 34.2. The second kappa shape index (κ2) is 11.5. The van der Waals surface area contributed by atoms with Gasteiger partial charge in [0.25, 0.3) is 0 Å². The van der Waals surface area contributed by atoms with Gasteiger partial charge in [0.2, 0.25) is 15.9 Å². The van der Waals surface area contributed by atoms with Crippen LogP contribution in [-0.2, 0) is 24.4 Å². The summed E-state index contributed by atoms with van der Waals surface area (Å²) in [6, 6.07) is 0.975. The molecular formula is C20H25F3N2O7S. The Bertz CT molecular complexity index is 947. The molecule has 9 nitrogen and oxygen atoms in total. The first-order valence-corrected chi connectivity index (χ1v) is 11.7. The van der Waals surface area contributed by atoms with Crippen LogP contribution >= 0.6 is 0 Å². The second-order valence-corrected chi connectivity index (χ2v) is 9.50. The Hall–Kier alpha value is -2.67. The van der Waals surface area contributed by atoms with Crippen molar-refractivity contribution in [2.45, 2.75) is 68.3 Å². The number of carbonyl (C=O) groups excluding carboxylic acids is 2. The van der Waals surface area contributed by atoms with Gasteiger partial charge in [-0.05, 0) is 24.5 Å². The fraction of sp³-hybridized carbons (Fsp3) is 0.550. The highest BCUT2D eigenvalue weighted by Gasteiger charge is 2.33. The average Bonchev–Trinajstić information content (AvgIpc) is 2.72. The summed E-state index contributed by atoms with van der Waals surface area (Å²) in [7, 11) is -4.46. The number of carboxylic acid groups (broad SMARTS) is 1. The number of alkyl halides is 3. The Morgan fingerprint density at radius 2 is 1.88 bits per heavy atom. The van der Waals surface area contributed by atoms with Crippen LogP contribution in [0, 0.1) is 5.92 Å². The van der Waals surface area contributed by atoms with Crippen LogP contribution in [0.15, 0.2) is 29.2 Å². The molecule has 1 aliphatic carbocycles. The smallest absolute Gasteiger partial charge is 0.481 e. The molecular weight excluding hydrogens is 469 g/mol. The summed E-state index contributed by atoms with van der Waals surface area (Å²) < 4.78 is 69.1. The monoisotopic (exact) mass is 494 g/mol. The highest BCUT2D eigenvalue weighted by atomic mass is 32.2.